The lowest BCUT2D eigenvalue weighted by Gasteiger charge is -2.06. The van der Waals surface area contributed by atoms with E-state index in [1.165, 1.54) is 6.20 Å². The van der Waals surface area contributed by atoms with Gasteiger partial charge in [0.2, 0.25) is 0 Å². The number of amides is 1. The van der Waals surface area contributed by atoms with Gasteiger partial charge in [-0.25, -0.2) is 13.2 Å². The van der Waals surface area contributed by atoms with E-state index in [0.29, 0.717) is 11.5 Å². The van der Waals surface area contributed by atoms with Crippen molar-refractivity contribution in [3.63, 3.8) is 0 Å². The van der Waals surface area contributed by atoms with Gasteiger partial charge < -0.3 is 9.88 Å². The number of fused-ring (bicyclic) bond motifs is 1. The second-order valence-electron chi connectivity index (χ2n) is 5.18. The number of rotatable bonds is 3. The van der Waals surface area contributed by atoms with Crippen LogP contribution in [0.5, 0.6) is 0 Å². The maximum absolute atomic E-state index is 13.6. The summed E-state index contributed by atoms with van der Waals surface area (Å²) in [5.74, 6) is -6.71. The van der Waals surface area contributed by atoms with Crippen LogP contribution in [0.4, 0.5) is 18.9 Å². The first-order chi connectivity index (χ1) is 11.4. The van der Waals surface area contributed by atoms with Crippen molar-refractivity contribution in [3.8, 4) is 0 Å². The predicted octanol–water partition coefficient (Wildman–Crippen LogP) is 3.42. The fourth-order valence-electron chi connectivity index (χ4n) is 2.45. The topological polar surface area (TPSA) is 51.1 Å². The van der Waals surface area contributed by atoms with Crippen molar-refractivity contribution < 1.29 is 22.8 Å². The molecular weight excluding hydrogens is 321 g/mol. The molecule has 0 spiro atoms. The van der Waals surface area contributed by atoms with Crippen molar-refractivity contribution in [2.45, 2.75) is 0 Å². The van der Waals surface area contributed by atoms with Crippen LogP contribution < -0.4 is 5.32 Å². The molecule has 1 aromatic heterocycles. The zero-order chi connectivity index (χ0) is 17.4. The predicted molar refractivity (Wildman–Crippen MR) is 82.2 cm³/mol. The Morgan fingerprint density at radius 3 is 2.46 bits per heavy atom. The Labute approximate surface area is 134 Å². The first-order valence-electron chi connectivity index (χ1n) is 6.93. The molecule has 24 heavy (non-hydrogen) atoms. The number of para-hydroxylation sites is 1. The monoisotopic (exact) mass is 332 g/mol. The third kappa shape index (κ3) is 2.54. The number of hydrogen-bond donors (Lipinski definition) is 1. The van der Waals surface area contributed by atoms with Crippen LogP contribution >= 0.6 is 0 Å². The number of Topliss-reactive ketones (excluding diaryl/α,β-unsaturated/α-hetero) is 1. The average molecular weight is 332 g/mol. The van der Waals surface area contributed by atoms with Gasteiger partial charge in [0.05, 0.1) is 11.3 Å². The van der Waals surface area contributed by atoms with Gasteiger partial charge in [-0.3, -0.25) is 9.59 Å². The Morgan fingerprint density at radius 2 is 1.71 bits per heavy atom. The first kappa shape index (κ1) is 15.8. The largest absolute Gasteiger partial charge is 0.350 e. The molecule has 0 aliphatic rings. The van der Waals surface area contributed by atoms with Crippen LogP contribution in [0.3, 0.4) is 0 Å². The third-order valence-corrected chi connectivity index (χ3v) is 3.63. The number of halogens is 3. The molecule has 0 aliphatic heterocycles. The summed E-state index contributed by atoms with van der Waals surface area (Å²) in [4.78, 5) is 24.4. The summed E-state index contributed by atoms with van der Waals surface area (Å²) in [6.45, 7) is 0. The molecule has 0 fully saturated rings. The van der Waals surface area contributed by atoms with E-state index in [9.17, 15) is 22.8 Å². The van der Waals surface area contributed by atoms with Crippen molar-refractivity contribution in [2.24, 2.45) is 7.05 Å². The first-order valence-corrected chi connectivity index (χ1v) is 6.93. The Bertz CT molecular complexity index is 979. The molecule has 3 aromatic rings. The summed E-state index contributed by atoms with van der Waals surface area (Å²) in [5, 5.41) is 2.53. The lowest BCUT2D eigenvalue weighted by Crippen LogP contribution is -2.23. The molecule has 0 saturated heterocycles. The van der Waals surface area contributed by atoms with Crippen LogP contribution in [-0.2, 0) is 11.8 Å². The number of aryl methyl sites for hydroxylation is 1. The van der Waals surface area contributed by atoms with Crippen LogP contribution in [0.2, 0.25) is 0 Å². The molecule has 0 atom stereocenters. The highest BCUT2D eigenvalue weighted by Gasteiger charge is 2.23. The maximum atomic E-state index is 13.6. The maximum Gasteiger partial charge on any atom is 0.296 e. The SMILES string of the molecule is Cn1cc(C(=O)C(=O)Nc2ccc(F)c(F)c2F)c2ccccc21. The number of nitrogens with one attached hydrogen (secondary N) is 1. The number of hydrogen-bond acceptors (Lipinski definition) is 2. The highest BCUT2D eigenvalue weighted by Crippen LogP contribution is 2.23. The molecule has 122 valence electrons. The Balaban J connectivity index is 1.93. The van der Waals surface area contributed by atoms with E-state index in [1.54, 1.807) is 35.9 Å². The highest BCUT2D eigenvalue weighted by atomic mass is 19.2. The van der Waals surface area contributed by atoms with Gasteiger partial charge in [0.15, 0.2) is 17.5 Å². The lowest BCUT2D eigenvalue weighted by atomic mass is 10.1. The van der Waals surface area contributed by atoms with Crippen LogP contribution in [0.25, 0.3) is 10.9 Å². The van der Waals surface area contributed by atoms with E-state index < -0.39 is 34.8 Å². The summed E-state index contributed by atoms with van der Waals surface area (Å²) in [7, 11) is 1.71. The molecule has 1 N–H and O–H groups in total. The number of anilines is 1. The van der Waals surface area contributed by atoms with Crippen molar-refractivity contribution >= 4 is 28.3 Å². The van der Waals surface area contributed by atoms with Gasteiger partial charge in [-0.1, -0.05) is 18.2 Å². The molecule has 4 nitrogen and oxygen atoms in total. The van der Waals surface area contributed by atoms with E-state index in [0.717, 1.165) is 11.6 Å². The Kier molecular flexibility index (Phi) is 3.84. The summed E-state index contributed by atoms with van der Waals surface area (Å²) >= 11 is 0. The van der Waals surface area contributed by atoms with Gasteiger partial charge in [-0.05, 0) is 18.2 Å². The fourth-order valence-corrected chi connectivity index (χ4v) is 2.45. The van der Waals surface area contributed by atoms with Gasteiger partial charge in [0.1, 0.15) is 0 Å². The third-order valence-electron chi connectivity index (χ3n) is 3.63. The summed E-state index contributed by atoms with van der Waals surface area (Å²) in [6.07, 6.45) is 1.48. The quantitative estimate of drug-likeness (QED) is 0.454. The summed E-state index contributed by atoms with van der Waals surface area (Å²) in [5.41, 5.74) is 0.272. The van der Waals surface area contributed by atoms with E-state index in [-0.39, 0.29) is 5.56 Å². The number of ketones is 1. The molecule has 2 aromatic carbocycles. The van der Waals surface area contributed by atoms with E-state index in [4.69, 9.17) is 0 Å². The number of aromatic nitrogens is 1. The number of carbonyl (C=O) groups is 2. The normalized spacial score (nSPS) is 10.8. The van der Waals surface area contributed by atoms with E-state index in [1.807, 2.05) is 5.32 Å². The summed E-state index contributed by atoms with van der Waals surface area (Å²) in [6, 6.07) is 8.46. The summed E-state index contributed by atoms with van der Waals surface area (Å²) < 4.78 is 41.4. The van der Waals surface area contributed by atoms with Gasteiger partial charge in [-0.2, -0.15) is 0 Å². The molecule has 3 rings (SSSR count). The lowest BCUT2D eigenvalue weighted by molar-refractivity contribution is -0.112. The van der Waals surface area contributed by atoms with Gasteiger partial charge in [0.25, 0.3) is 11.7 Å². The van der Waals surface area contributed by atoms with Crippen molar-refractivity contribution in [3.05, 3.63) is 65.6 Å². The number of carbonyl (C=O) groups excluding carboxylic acids is 2. The van der Waals surface area contributed by atoms with Crippen LogP contribution in [0.15, 0.2) is 42.6 Å². The second kappa shape index (κ2) is 5.84. The average Bonchev–Trinajstić information content (AvgIpc) is 2.92. The van der Waals surface area contributed by atoms with E-state index in [2.05, 4.69) is 0 Å². The minimum atomic E-state index is -1.72. The fraction of sp³-hybridized carbons (Fsp3) is 0.0588. The Hall–Kier alpha value is -3.09. The molecule has 0 saturated carbocycles. The van der Waals surface area contributed by atoms with Gasteiger partial charge in [-0.15, -0.1) is 0 Å². The van der Waals surface area contributed by atoms with E-state index >= 15 is 0 Å². The molecular formula is C17H11F3N2O2. The highest BCUT2D eigenvalue weighted by molar-refractivity contribution is 6.48. The molecule has 0 radical (unpaired) electrons. The van der Waals surface area contributed by atoms with Crippen molar-refractivity contribution in [1.29, 1.82) is 0 Å². The van der Waals surface area contributed by atoms with Crippen molar-refractivity contribution in [2.75, 3.05) is 5.32 Å². The zero-order valence-corrected chi connectivity index (χ0v) is 12.4. The molecule has 1 heterocycles. The smallest absolute Gasteiger partial charge is 0.296 e. The molecule has 7 heteroatoms. The second-order valence-corrected chi connectivity index (χ2v) is 5.18. The standard InChI is InChI=1S/C17H11F3N2O2/c1-22-8-10(9-4-2-3-5-13(9)22)16(23)17(24)21-12-7-6-11(18)14(19)15(12)20/h2-8H,1H3,(H,21,24). The number of benzene rings is 2. The molecule has 0 bridgehead atoms. The van der Waals surface area contributed by atoms with Gasteiger partial charge >= 0.3 is 0 Å². The molecule has 0 aliphatic carbocycles. The molecule has 0 unspecified atom stereocenters. The zero-order valence-electron chi connectivity index (χ0n) is 12.4. The number of nitrogens with zero attached hydrogens (tertiary/aromatic N) is 1. The minimum Gasteiger partial charge on any atom is -0.350 e. The Morgan fingerprint density at radius 1 is 1.00 bits per heavy atom. The molecule has 1 amide bonds. The minimum absolute atomic E-state index is 0.133. The van der Waals surface area contributed by atoms with Gasteiger partial charge in [0, 0.05) is 24.1 Å². The van der Waals surface area contributed by atoms with Crippen LogP contribution in [-0.4, -0.2) is 16.3 Å². The van der Waals surface area contributed by atoms with Crippen molar-refractivity contribution in [1.82, 2.24) is 4.57 Å². The van der Waals surface area contributed by atoms with Crippen LogP contribution in [0, 0.1) is 17.5 Å². The van der Waals surface area contributed by atoms with Crippen LogP contribution in [0.1, 0.15) is 10.4 Å².